The molecule has 0 bridgehead atoms. The topological polar surface area (TPSA) is 121 Å². The minimum Gasteiger partial charge on any atom is -0.493 e. The fraction of sp³-hybridized carbons (Fsp3) is 0.300. The maximum atomic E-state index is 14.0. The van der Waals surface area contributed by atoms with Gasteiger partial charge in [0.15, 0.2) is 16.4 Å². The minimum atomic E-state index is -4.50. The second kappa shape index (κ2) is 11.3. The van der Waals surface area contributed by atoms with Crippen molar-refractivity contribution < 1.29 is 27.4 Å². The van der Waals surface area contributed by atoms with Crippen LogP contribution in [0.2, 0.25) is 0 Å². The molecular formula is C30H30FN3O6S. The molecule has 2 aromatic heterocycles. The molecule has 0 aliphatic carbocycles. The van der Waals surface area contributed by atoms with Crippen LogP contribution < -0.4 is 15.0 Å². The summed E-state index contributed by atoms with van der Waals surface area (Å²) in [5.41, 5.74) is 1.09. The van der Waals surface area contributed by atoms with Crippen molar-refractivity contribution in [2.24, 2.45) is 0 Å². The van der Waals surface area contributed by atoms with E-state index in [9.17, 15) is 22.7 Å². The third-order valence-electron chi connectivity index (χ3n) is 7.26. The molecule has 1 N–H and O–H groups in total. The van der Waals surface area contributed by atoms with Crippen LogP contribution in [0.4, 0.5) is 4.39 Å². The van der Waals surface area contributed by atoms with Crippen LogP contribution in [0.5, 0.6) is 17.4 Å². The van der Waals surface area contributed by atoms with Gasteiger partial charge in [-0.25, -0.2) is 13.4 Å². The van der Waals surface area contributed by atoms with Crippen LogP contribution in [0.15, 0.2) is 69.3 Å². The highest BCUT2D eigenvalue weighted by molar-refractivity contribution is 7.91. The van der Waals surface area contributed by atoms with Crippen LogP contribution in [0.3, 0.4) is 0 Å². The zero-order valence-electron chi connectivity index (χ0n) is 22.9. The van der Waals surface area contributed by atoms with Gasteiger partial charge in [-0.3, -0.25) is 9.36 Å². The molecule has 0 saturated heterocycles. The number of benzene rings is 2. The van der Waals surface area contributed by atoms with Crippen molar-refractivity contribution >= 4 is 9.84 Å². The van der Waals surface area contributed by atoms with Gasteiger partial charge in [0.25, 0.3) is 5.56 Å². The first-order chi connectivity index (χ1) is 19.7. The van der Waals surface area contributed by atoms with Gasteiger partial charge in [0.05, 0.1) is 10.9 Å². The Hall–Kier alpha value is -4.25. The molecule has 5 rings (SSSR count). The fourth-order valence-corrected chi connectivity index (χ4v) is 6.48. The monoisotopic (exact) mass is 579 g/mol. The van der Waals surface area contributed by atoms with Gasteiger partial charge in [0, 0.05) is 23.7 Å². The van der Waals surface area contributed by atoms with Gasteiger partial charge in [-0.05, 0) is 55.2 Å². The standard InChI is InChI=1S/C30H30FN3O6S/c1-4-6-10-25-33-29(35)27(30(36)34(25)23(5-2)22-8-7-9-24-26(22)40-17-39-24)41(37,38)20-13-11-19(12-14-20)21-15-16-32-28(31)18(21)3/h7-9,11-16,23,36H,4-6,10,17H2,1-3H3/t23-/m0/s1. The van der Waals surface area contributed by atoms with Gasteiger partial charge in [-0.1, -0.05) is 44.5 Å². The molecule has 9 nitrogen and oxygen atoms in total. The van der Waals surface area contributed by atoms with Crippen molar-refractivity contribution in [3.63, 3.8) is 0 Å². The van der Waals surface area contributed by atoms with E-state index in [0.29, 0.717) is 53.0 Å². The maximum absolute atomic E-state index is 14.0. The minimum absolute atomic E-state index is 0.0428. The number of hydrogen-bond acceptors (Lipinski definition) is 8. The van der Waals surface area contributed by atoms with E-state index >= 15 is 0 Å². The van der Waals surface area contributed by atoms with Gasteiger partial charge in [-0.15, -0.1) is 0 Å². The first-order valence-corrected chi connectivity index (χ1v) is 14.9. The third-order valence-corrected chi connectivity index (χ3v) is 9.05. The van der Waals surface area contributed by atoms with E-state index in [1.807, 2.05) is 19.9 Å². The molecule has 11 heteroatoms. The first-order valence-electron chi connectivity index (χ1n) is 13.4. The van der Waals surface area contributed by atoms with Crippen LogP contribution >= 0.6 is 0 Å². The molecule has 41 heavy (non-hydrogen) atoms. The van der Waals surface area contributed by atoms with E-state index in [-0.39, 0.29) is 17.5 Å². The number of halogens is 1. The average Bonchev–Trinajstić information content (AvgIpc) is 3.44. The molecule has 214 valence electrons. The van der Waals surface area contributed by atoms with E-state index in [4.69, 9.17) is 9.47 Å². The molecule has 1 atom stereocenters. The van der Waals surface area contributed by atoms with E-state index in [1.54, 1.807) is 25.1 Å². The summed E-state index contributed by atoms with van der Waals surface area (Å²) in [5, 5.41) is 11.6. The summed E-state index contributed by atoms with van der Waals surface area (Å²) in [4.78, 5) is 20.0. The van der Waals surface area contributed by atoms with Crippen LogP contribution in [0.25, 0.3) is 11.1 Å². The number of aromatic hydroxyl groups is 1. The Morgan fingerprint density at radius 3 is 2.56 bits per heavy atom. The third kappa shape index (κ3) is 5.06. The van der Waals surface area contributed by atoms with E-state index in [2.05, 4.69) is 9.97 Å². The van der Waals surface area contributed by atoms with E-state index < -0.39 is 38.2 Å². The van der Waals surface area contributed by atoms with E-state index in [1.165, 1.54) is 35.0 Å². The summed E-state index contributed by atoms with van der Waals surface area (Å²) >= 11 is 0. The maximum Gasteiger partial charge on any atom is 0.296 e. The smallest absolute Gasteiger partial charge is 0.296 e. The summed E-state index contributed by atoms with van der Waals surface area (Å²) in [5.74, 6) is 0.0201. The van der Waals surface area contributed by atoms with Crippen LogP contribution in [-0.2, 0) is 16.3 Å². The number of nitrogens with zero attached hydrogens (tertiary/aromatic N) is 3. The highest BCUT2D eigenvalue weighted by atomic mass is 32.2. The number of fused-ring (bicyclic) bond motifs is 1. The Labute approximate surface area is 237 Å². The van der Waals surface area contributed by atoms with Gasteiger partial charge in [0.2, 0.25) is 28.5 Å². The fourth-order valence-electron chi connectivity index (χ4n) is 5.13. The number of aryl methyl sites for hydroxylation is 1. The molecule has 0 spiro atoms. The first kappa shape index (κ1) is 28.3. The van der Waals surface area contributed by atoms with Crippen molar-refractivity contribution in [2.45, 2.75) is 62.3 Å². The van der Waals surface area contributed by atoms with E-state index in [0.717, 1.165) is 6.42 Å². The summed E-state index contributed by atoms with van der Waals surface area (Å²) in [6, 6.07) is 12.1. The highest BCUT2D eigenvalue weighted by Crippen LogP contribution is 2.43. The zero-order chi connectivity index (χ0) is 29.3. The molecular weight excluding hydrogens is 549 g/mol. The molecule has 0 amide bonds. The number of aromatic nitrogens is 3. The molecule has 0 unspecified atom stereocenters. The van der Waals surface area contributed by atoms with Crippen molar-refractivity contribution in [3.05, 3.63) is 88.0 Å². The van der Waals surface area contributed by atoms with Crippen molar-refractivity contribution in [1.82, 2.24) is 14.5 Å². The lowest BCUT2D eigenvalue weighted by Crippen LogP contribution is -2.27. The van der Waals surface area contributed by atoms with Gasteiger partial charge >= 0.3 is 0 Å². The van der Waals surface area contributed by atoms with Crippen molar-refractivity contribution in [1.29, 1.82) is 0 Å². The highest BCUT2D eigenvalue weighted by Gasteiger charge is 2.33. The molecule has 3 heterocycles. The molecule has 2 aromatic carbocycles. The average molecular weight is 580 g/mol. The van der Waals surface area contributed by atoms with Gasteiger partial charge < -0.3 is 14.6 Å². The Balaban J connectivity index is 1.65. The second-order valence-electron chi connectivity index (χ2n) is 9.77. The number of ether oxygens (including phenoxy) is 2. The number of unbranched alkanes of at least 4 members (excludes halogenated alkanes) is 1. The number of sulfone groups is 1. The summed E-state index contributed by atoms with van der Waals surface area (Å²) in [6.45, 7) is 5.50. The van der Waals surface area contributed by atoms with Crippen molar-refractivity contribution in [2.75, 3.05) is 6.79 Å². The van der Waals surface area contributed by atoms with Crippen LogP contribution in [-0.4, -0.2) is 34.9 Å². The Kier molecular flexibility index (Phi) is 7.81. The van der Waals surface area contributed by atoms with Gasteiger partial charge in [-0.2, -0.15) is 9.37 Å². The van der Waals surface area contributed by atoms with Crippen LogP contribution in [0.1, 0.15) is 56.1 Å². The Morgan fingerprint density at radius 2 is 1.85 bits per heavy atom. The summed E-state index contributed by atoms with van der Waals surface area (Å²) < 4.78 is 54.3. The predicted octanol–water partition coefficient (Wildman–Crippen LogP) is 5.36. The Morgan fingerprint density at radius 1 is 1.10 bits per heavy atom. The predicted molar refractivity (Wildman–Crippen MR) is 150 cm³/mol. The molecule has 0 radical (unpaired) electrons. The Bertz CT molecular complexity index is 1770. The SMILES string of the molecule is CCCCc1nc(=O)c(S(=O)(=O)c2ccc(-c3ccnc(F)c3C)cc2)c(O)n1[C@@H](CC)c1cccc2c1OCO2. The molecule has 0 saturated carbocycles. The van der Waals surface area contributed by atoms with Gasteiger partial charge in [0.1, 0.15) is 5.82 Å². The molecule has 4 aromatic rings. The summed E-state index contributed by atoms with van der Waals surface area (Å²) in [7, 11) is -4.50. The lowest BCUT2D eigenvalue weighted by atomic mass is 10.0. The normalized spacial score (nSPS) is 13.4. The molecule has 0 fully saturated rings. The number of pyridine rings is 1. The number of hydrogen-bond donors (Lipinski definition) is 1. The second-order valence-corrected chi connectivity index (χ2v) is 11.7. The zero-order valence-corrected chi connectivity index (χ0v) is 23.7. The molecule has 1 aliphatic heterocycles. The number of rotatable bonds is 9. The number of para-hydroxylation sites is 1. The molecule has 1 aliphatic rings. The summed E-state index contributed by atoms with van der Waals surface area (Å²) in [6.07, 6.45) is 3.61. The largest absolute Gasteiger partial charge is 0.493 e. The van der Waals surface area contributed by atoms with Crippen molar-refractivity contribution in [3.8, 4) is 28.5 Å². The lowest BCUT2D eigenvalue weighted by Gasteiger charge is -2.26. The quantitative estimate of drug-likeness (QED) is 0.263. The lowest BCUT2D eigenvalue weighted by molar-refractivity contribution is 0.172. The van der Waals surface area contributed by atoms with Crippen LogP contribution in [0, 0.1) is 12.9 Å².